The molecule has 0 fully saturated rings. The van der Waals surface area contributed by atoms with Crippen molar-refractivity contribution in [2.75, 3.05) is 0 Å². The van der Waals surface area contributed by atoms with Crippen LogP contribution >= 0.6 is 22.9 Å². The molecular weight excluding hydrogens is 366 g/mol. The van der Waals surface area contributed by atoms with Crippen molar-refractivity contribution in [1.29, 1.82) is 0 Å². The zero-order valence-corrected chi connectivity index (χ0v) is 16.0. The Hall–Kier alpha value is -1.41. The number of halogens is 1. The number of sulfonamides is 1. The first kappa shape index (κ1) is 17.4. The Morgan fingerprint density at radius 2 is 2.04 bits per heavy atom. The zero-order chi connectivity index (χ0) is 17.5. The Bertz CT molecular complexity index is 990. The third kappa shape index (κ3) is 3.21. The maximum atomic E-state index is 12.9. The topological polar surface area (TPSA) is 63.5 Å². The van der Waals surface area contributed by atoms with E-state index in [2.05, 4.69) is 9.71 Å². The monoisotopic (exact) mass is 383 g/mol. The van der Waals surface area contributed by atoms with E-state index < -0.39 is 10.0 Å². The van der Waals surface area contributed by atoms with Crippen molar-refractivity contribution < 1.29 is 8.42 Å². The summed E-state index contributed by atoms with van der Waals surface area (Å²) in [5.41, 5.74) is 1.31. The quantitative estimate of drug-likeness (QED) is 0.725. The molecule has 0 atom stereocenters. The molecule has 1 N–H and O–H groups in total. The van der Waals surface area contributed by atoms with Gasteiger partial charge in [-0.25, -0.2) is 18.1 Å². The summed E-state index contributed by atoms with van der Waals surface area (Å²) in [6.07, 6.45) is 1.81. The van der Waals surface area contributed by atoms with Gasteiger partial charge in [0.05, 0.1) is 5.69 Å². The second-order valence-electron chi connectivity index (χ2n) is 5.87. The summed E-state index contributed by atoms with van der Waals surface area (Å²) in [6.45, 7) is 5.94. The number of aryl methyl sites for hydroxylation is 1. The van der Waals surface area contributed by atoms with E-state index in [4.69, 9.17) is 11.6 Å². The van der Waals surface area contributed by atoms with Crippen LogP contribution in [0.1, 0.15) is 35.9 Å². The molecule has 2 heterocycles. The van der Waals surface area contributed by atoms with Gasteiger partial charge in [0.1, 0.15) is 0 Å². The summed E-state index contributed by atoms with van der Waals surface area (Å²) >= 11 is 7.58. The van der Waals surface area contributed by atoms with Crippen molar-refractivity contribution in [3.05, 3.63) is 51.6 Å². The van der Waals surface area contributed by atoms with E-state index in [9.17, 15) is 8.42 Å². The molecule has 0 spiro atoms. The first-order chi connectivity index (χ1) is 11.3. The van der Waals surface area contributed by atoms with Crippen LogP contribution in [0.4, 0.5) is 0 Å². The van der Waals surface area contributed by atoms with E-state index in [1.165, 1.54) is 11.3 Å². The molecule has 2 aromatic heterocycles. The van der Waals surface area contributed by atoms with Crippen LogP contribution in [0.5, 0.6) is 0 Å². The maximum absolute atomic E-state index is 12.9. The standard InChI is InChI=1S/C16H18ClN3O2S2/c1-10(2)14-15(20-9-11(3)23-16(20)19-14)24(21,22)18-8-12-6-4-5-7-13(12)17/h4-7,9-10,18H,8H2,1-3H3. The van der Waals surface area contributed by atoms with Crippen LogP contribution in [-0.4, -0.2) is 17.8 Å². The molecule has 24 heavy (non-hydrogen) atoms. The Morgan fingerprint density at radius 3 is 2.71 bits per heavy atom. The molecule has 0 unspecified atom stereocenters. The minimum Gasteiger partial charge on any atom is -0.279 e. The molecule has 1 aromatic carbocycles. The van der Waals surface area contributed by atoms with E-state index in [-0.39, 0.29) is 17.5 Å². The Labute approximate surface area is 150 Å². The molecule has 3 aromatic rings. The number of hydrogen-bond acceptors (Lipinski definition) is 4. The average Bonchev–Trinajstić information content (AvgIpc) is 3.02. The summed E-state index contributed by atoms with van der Waals surface area (Å²) in [5.74, 6) is 0.00398. The van der Waals surface area contributed by atoms with Crippen molar-refractivity contribution in [1.82, 2.24) is 14.1 Å². The average molecular weight is 384 g/mol. The predicted octanol–water partition coefficient (Wildman–Crippen LogP) is 3.96. The normalized spacial score (nSPS) is 12.4. The van der Waals surface area contributed by atoms with Crippen LogP contribution in [0.3, 0.4) is 0 Å². The van der Waals surface area contributed by atoms with Gasteiger partial charge in [0.15, 0.2) is 9.99 Å². The number of aromatic nitrogens is 2. The molecule has 3 rings (SSSR count). The van der Waals surface area contributed by atoms with Crippen molar-refractivity contribution >= 4 is 37.9 Å². The fraction of sp³-hybridized carbons (Fsp3) is 0.312. The highest BCUT2D eigenvalue weighted by atomic mass is 35.5. The lowest BCUT2D eigenvalue weighted by Gasteiger charge is -2.10. The predicted molar refractivity (Wildman–Crippen MR) is 97.4 cm³/mol. The molecule has 0 amide bonds. The summed E-state index contributed by atoms with van der Waals surface area (Å²) < 4.78 is 30.1. The first-order valence-electron chi connectivity index (χ1n) is 7.51. The van der Waals surface area contributed by atoms with Crippen LogP contribution in [-0.2, 0) is 16.6 Å². The molecule has 0 saturated carbocycles. The lowest BCUT2D eigenvalue weighted by molar-refractivity contribution is 0.573. The molecule has 0 bridgehead atoms. The number of benzene rings is 1. The number of thiazole rings is 1. The first-order valence-corrected chi connectivity index (χ1v) is 10.2. The van der Waals surface area contributed by atoms with Crippen LogP contribution in [0, 0.1) is 6.92 Å². The van der Waals surface area contributed by atoms with Crippen molar-refractivity contribution in [3.63, 3.8) is 0 Å². The summed E-state index contributed by atoms with van der Waals surface area (Å²) in [7, 11) is -3.72. The number of hydrogen-bond donors (Lipinski definition) is 1. The fourth-order valence-corrected chi connectivity index (χ4v) is 5.01. The zero-order valence-electron chi connectivity index (χ0n) is 13.6. The van der Waals surface area contributed by atoms with Crippen LogP contribution in [0.2, 0.25) is 5.02 Å². The highest BCUT2D eigenvalue weighted by molar-refractivity contribution is 7.89. The molecular formula is C16H18ClN3O2S2. The summed E-state index contributed by atoms with van der Waals surface area (Å²) in [4.78, 5) is 6.21. The molecule has 0 aliphatic rings. The third-order valence-electron chi connectivity index (χ3n) is 3.64. The van der Waals surface area contributed by atoms with Gasteiger partial charge in [-0.15, -0.1) is 11.3 Å². The van der Waals surface area contributed by atoms with Gasteiger partial charge in [0, 0.05) is 22.6 Å². The Balaban J connectivity index is 2.01. The van der Waals surface area contributed by atoms with Crippen molar-refractivity contribution in [2.24, 2.45) is 0 Å². The van der Waals surface area contributed by atoms with Crippen LogP contribution in [0.15, 0.2) is 35.5 Å². The number of rotatable bonds is 5. The van der Waals surface area contributed by atoms with Gasteiger partial charge < -0.3 is 0 Å². The summed E-state index contributed by atoms with van der Waals surface area (Å²) in [6, 6.07) is 7.18. The second kappa shape index (κ2) is 6.48. The van der Waals surface area contributed by atoms with E-state index >= 15 is 0 Å². The lowest BCUT2D eigenvalue weighted by Crippen LogP contribution is -2.25. The van der Waals surface area contributed by atoms with E-state index in [0.717, 1.165) is 10.4 Å². The Kier molecular flexibility index (Phi) is 4.70. The fourth-order valence-electron chi connectivity index (χ4n) is 2.48. The molecule has 0 saturated heterocycles. The minimum atomic E-state index is -3.72. The second-order valence-corrected chi connectivity index (χ2v) is 9.17. The van der Waals surface area contributed by atoms with Gasteiger partial charge in [-0.1, -0.05) is 43.6 Å². The highest BCUT2D eigenvalue weighted by Gasteiger charge is 2.27. The molecule has 8 heteroatoms. The van der Waals surface area contributed by atoms with E-state index in [1.54, 1.807) is 16.5 Å². The number of nitrogens with one attached hydrogen (secondary N) is 1. The highest BCUT2D eigenvalue weighted by Crippen LogP contribution is 2.29. The maximum Gasteiger partial charge on any atom is 0.258 e. The Morgan fingerprint density at radius 1 is 1.33 bits per heavy atom. The van der Waals surface area contributed by atoms with Gasteiger partial charge in [-0.05, 0) is 24.5 Å². The number of imidazole rings is 1. The number of fused-ring (bicyclic) bond motifs is 1. The minimum absolute atomic E-state index is 0.00398. The van der Waals surface area contributed by atoms with Gasteiger partial charge in [0.25, 0.3) is 10.0 Å². The molecule has 128 valence electrons. The van der Waals surface area contributed by atoms with Gasteiger partial charge in [0.2, 0.25) is 0 Å². The molecule has 0 aliphatic carbocycles. The van der Waals surface area contributed by atoms with E-state index in [1.807, 2.05) is 39.1 Å². The number of nitrogens with zero attached hydrogens (tertiary/aromatic N) is 2. The van der Waals surface area contributed by atoms with Gasteiger partial charge in [-0.3, -0.25) is 4.40 Å². The SMILES string of the molecule is Cc1cn2c(S(=O)(=O)NCc3ccccc3Cl)c(C(C)C)nc2s1. The third-order valence-corrected chi connectivity index (χ3v) is 6.34. The smallest absolute Gasteiger partial charge is 0.258 e. The van der Waals surface area contributed by atoms with Gasteiger partial charge >= 0.3 is 0 Å². The molecule has 0 radical (unpaired) electrons. The van der Waals surface area contributed by atoms with E-state index in [0.29, 0.717) is 15.7 Å². The molecule has 5 nitrogen and oxygen atoms in total. The largest absolute Gasteiger partial charge is 0.279 e. The van der Waals surface area contributed by atoms with Gasteiger partial charge in [-0.2, -0.15) is 0 Å². The van der Waals surface area contributed by atoms with Crippen molar-refractivity contribution in [2.45, 2.75) is 38.3 Å². The lowest BCUT2D eigenvalue weighted by atomic mass is 10.2. The molecule has 0 aliphatic heterocycles. The van der Waals surface area contributed by atoms with Crippen LogP contribution < -0.4 is 4.72 Å². The van der Waals surface area contributed by atoms with Crippen LogP contribution in [0.25, 0.3) is 4.96 Å². The summed E-state index contributed by atoms with van der Waals surface area (Å²) in [5, 5.41) is 0.748. The van der Waals surface area contributed by atoms with Crippen molar-refractivity contribution in [3.8, 4) is 0 Å².